The van der Waals surface area contributed by atoms with E-state index in [0.717, 1.165) is 17.5 Å². The molecule has 0 heterocycles. The second-order valence-corrected chi connectivity index (χ2v) is 6.46. The molecule has 26 heavy (non-hydrogen) atoms. The van der Waals surface area contributed by atoms with Crippen LogP contribution in [0.2, 0.25) is 5.02 Å². The van der Waals surface area contributed by atoms with Crippen molar-refractivity contribution in [3.8, 4) is 0 Å². The molecule has 0 aliphatic rings. The minimum atomic E-state index is -0.161. The highest BCUT2D eigenvalue weighted by Gasteiger charge is 2.14. The van der Waals surface area contributed by atoms with Gasteiger partial charge in [0.15, 0.2) is 0 Å². The Morgan fingerprint density at radius 3 is 2.42 bits per heavy atom. The summed E-state index contributed by atoms with van der Waals surface area (Å²) in [5, 5.41) is 6.16. The number of carbonyl (C=O) groups excluding carboxylic acids is 2. The Morgan fingerprint density at radius 2 is 1.81 bits per heavy atom. The maximum atomic E-state index is 12.6. The third-order valence-electron chi connectivity index (χ3n) is 3.89. The number of likely N-dealkylation sites (N-methyl/N-ethyl adjacent to an activating group) is 1. The summed E-state index contributed by atoms with van der Waals surface area (Å²) in [6, 6.07) is 14.6. The summed E-state index contributed by atoms with van der Waals surface area (Å²) in [4.78, 5) is 25.8. The molecule has 2 aromatic carbocycles. The van der Waals surface area contributed by atoms with Gasteiger partial charge in [-0.25, -0.2) is 4.79 Å². The van der Waals surface area contributed by atoms with Gasteiger partial charge in [0.1, 0.15) is 0 Å². The molecule has 0 saturated carbocycles. The van der Waals surface area contributed by atoms with E-state index in [4.69, 9.17) is 11.6 Å². The molecule has 6 heteroatoms. The largest absolute Gasteiger partial charge is 0.359 e. The summed E-state index contributed by atoms with van der Waals surface area (Å²) in [5.74, 6) is -0.0440. The van der Waals surface area contributed by atoms with Gasteiger partial charge < -0.3 is 15.5 Å². The van der Waals surface area contributed by atoms with Crippen LogP contribution in [-0.4, -0.2) is 30.4 Å². The molecular weight excluding hydrogens is 350 g/mol. The van der Waals surface area contributed by atoms with Crippen molar-refractivity contribution in [1.82, 2.24) is 10.2 Å². The minimum absolute atomic E-state index is 0.0440. The quantitative estimate of drug-likeness (QED) is 0.768. The van der Waals surface area contributed by atoms with Gasteiger partial charge in [-0.05, 0) is 41.8 Å². The van der Waals surface area contributed by atoms with Gasteiger partial charge in [0.25, 0.3) is 0 Å². The van der Waals surface area contributed by atoms with Crippen molar-refractivity contribution < 1.29 is 9.59 Å². The molecule has 0 aromatic heterocycles. The Balaban J connectivity index is 2.01. The molecule has 2 rings (SSSR count). The lowest BCUT2D eigenvalue weighted by Gasteiger charge is -2.23. The zero-order valence-electron chi connectivity index (χ0n) is 15.1. The van der Waals surface area contributed by atoms with E-state index >= 15 is 0 Å². The van der Waals surface area contributed by atoms with Crippen molar-refractivity contribution in [2.75, 3.05) is 18.9 Å². The van der Waals surface area contributed by atoms with Gasteiger partial charge in [-0.2, -0.15) is 0 Å². The first-order valence-electron chi connectivity index (χ1n) is 8.61. The van der Waals surface area contributed by atoms with Crippen LogP contribution in [0.5, 0.6) is 0 Å². The van der Waals surface area contributed by atoms with Crippen LogP contribution in [0.4, 0.5) is 10.5 Å². The molecule has 138 valence electrons. The van der Waals surface area contributed by atoms with Crippen LogP contribution in [0.15, 0.2) is 48.5 Å². The first-order valence-corrected chi connectivity index (χ1v) is 8.99. The summed E-state index contributed by atoms with van der Waals surface area (Å²) in [5.41, 5.74) is 2.58. The van der Waals surface area contributed by atoms with E-state index < -0.39 is 0 Å². The topological polar surface area (TPSA) is 61.4 Å². The lowest BCUT2D eigenvalue weighted by atomic mass is 10.1. The van der Waals surface area contributed by atoms with Crippen LogP contribution in [0.3, 0.4) is 0 Å². The van der Waals surface area contributed by atoms with Gasteiger partial charge in [0.2, 0.25) is 5.91 Å². The van der Waals surface area contributed by atoms with Gasteiger partial charge in [-0.3, -0.25) is 4.79 Å². The number of carbonyl (C=O) groups is 2. The number of hydrogen-bond donors (Lipinski definition) is 2. The molecule has 5 nitrogen and oxygen atoms in total. The Kier molecular flexibility index (Phi) is 7.48. The minimum Gasteiger partial charge on any atom is -0.359 e. The van der Waals surface area contributed by atoms with Crippen molar-refractivity contribution in [1.29, 1.82) is 0 Å². The fourth-order valence-electron chi connectivity index (χ4n) is 2.56. The molecule has 2 aromatic rings. The van der Waals surface area contributed by atoms with E-state index in [1.165, 1.54) is 0 Å². The molecule has 2 N–H and O–H groups in total. The third-order valence-corrected chi connectivity index (χ3v) is 4.13. The van der Waals surface area contributed by atoms with Crippen molar-refractivity contribution in [2.45, 2.75) is 26.3 Å². The lowest BCUT2D eigenvalue weighted by Crippen LogP contribution is -2.35. The molecule has 0 fully saturated rings. The summed E-state index contributed by atoms with van der Waals surface area (Å²) < 4.78 is 0. The first-order chi connectivity index (χ1) is 12.5. The van der Waals surface area contributed by atoms with Gasteiger partial charge in [-0.1, -0.05) is 42.8 Å². The summed E-state index contributed by atoms with van der Waals surface area (Å²) in [7, 11) is 1.61. The predicted octanol–water partition coefficient (Wildman–Crippen LogP) is 4.07. The van der Waals surface area contributed by atoms with Crippen molar-refractivity contribution in [3.63, 3.8) is 0 Å². The number of nitrogens with zero attached hydrogens (tertiary/aromatic N) is 1. The van der Waals surface area contributed by atoms with Crippen LogP contribution < -0.4 is 10.6 Å². The molecule has 0 aliphatic heterocycles. The Morgan fingerprint density at radius 1 is 1.08 bits per heavy atom. The number of benzene rings is 2. The zero-order chi connectivity index (χ0) is 18.9. The lowest BCUT2D eigenvalue weighted by molar-refractivity contribution is -0.119. The Hall–Kier alpha value is -2.53. The number of amides is 3. The molecular formula is C20H24ClN3O2. The highest BCUT2D eigenvalue weighted by Crippen LogP contribution is 2.15. The number of hydrogen-bond acceptors (Lipinski definition) is 2. The molecule has 0 radical (unpaired) electrons. The Labute approximate surface area is 159 Å². The molecule has 0 unspecified atom stereocenters. The smallest absolute Gasteiger partial charge is 0.322 e. The van der Waals surface area contributed by atoms with Crippen molar-refractivity contribution in [3.05, 3.63) is 64.7 Å². The normalized spacial score (nSPS) is 10.3. The number of nitrogens with one attached hydrogen (secondary N) is 2. The fraction of sp³-hybridized carbons (Fsp3) is 0.300. The molecule has 0 atom stereocenters. The Bertz CT molecular complexity index is 747. The fourth-order valence-corrected chi connectivity index (χ4v) is 2.77. The number of halogens is 1. The third kappa shape index (κ3) is 6.08. The SMILES string of the molecule is CCCN(Cc1cccc(Cl)c1)C(=O)Nc1ccc(CC(=O)NC)cc1. The van der Waals surface area contributed by atoms with Gasteiger partial charge in [0, 0.05) is 30.8 Å². The van der Waals surface area contributed by atoms with E-state index in [1.807, 2.05) is 43.3 Å². The molecule has 3 amide bonds. The number of rotatable bonds is 7. The number of urea groups is 1. The average Bonchev–Trinajstić information content (AvgIpc) is 2.63. The standard InChI is InChI=1S/C20H24ClN3O2/c1-3-11-24(14-16-5-4-6-17(21)12-16)20(26)23-18-9-7-15(8-10-18)13-19(25)22-2/h4-10,12H,3,11,13-14H2,1-2H3,(H,22,25)(H,23,26). The maximum Gasteiger partial charge on any atom is 0.322 e. The van der Waals surface area contributed by atoms with Crippen LogP contribution in [0, 0.1) is 0 Å². The summed E-state index contributed by atoms with van der Waals surface area (Å²) in [6.07, 6.45) is 1.18. The van der Waals surface area contributed by atoms with E-state index in [9.17, 15) is 9.59 Å². The second-order valence-electron chi connectivity index (χ2n) is 6.03. The van der Waals surface area contributed by atoms with Crippen LogP contribution in [0.25, 0.3) is 0 Å². The van der Waals surface area contributed by atoms with Crippen LogP contribution in [-0.2, 0) is 17.8 Å². The number of anilines is 1. The average molecular weight is 374 g/mol. The van der Waals surface area contributed by atoms with E-state index in [2.05, 4.69) is 10.6 Å². The molecule has 0 aliphatic carbocycles. The zero-order valence-corrected chi connectivity index (χ0v) is 15.8. The van der Waals surface area contributed by atoms with Gasteiger partial charge in [0.05, 0.1) is 6.42 Å². The first kappa shape index (κ1) is 19.8. The predicted molar refractivity (Wildman–Crippen MR) is 105 cm³/mol. The van der Waals surface area contributed by atoms with Gasteiger partial charge in [-0.15, -0.1) is 0 Å². The molecule has 0 spiro atoms. The van der Waals surface area contributed by atoms with Gasteiger partial charge >= 0.3 is 6.03 Å². The van der Waals surface area contributed by atoms with E-state index in [0.29, 0.717) is 30.2 Å². The molecule has 0 bridgehead atoms. The van der Waals surface area contributed by atoms with Crippen LogP contribution in [0.1, 0.15) is 24.5 Å². The summed E-state index contributed by atoms with van der Waals surface area (Å²) in [6.45, 7) is 3.17. The van der Waals surface area contributed by atoms with Crippen LogP contribution >= 0.6 is 11.6 Å². The highest BCUT2D eigenvalue weighted by atomic mass is 35.5. The summed E-state index contributed by atoms with van der Waals surface area (Å²) >= 11 is 6.03. The van der Waals surface area contributed by atoms with Crippen molar-refractivity contribution in [2.24, 2.45) is 0 Å². The van der Waals surface area contributed by atoms with E-state index in [1.54, 1.807) is 24.1 Å². The molecule has 0 saturated heterocycles. The highest BCUT2D eigenvalue weighted by molar-refractivity contribution is 6.30. The maximum absolute atomic E-state index is 12.6. The van der Waals surface area contributed by atoms with E-state index in [-0.39, 0.29) is 11.9 Å². The van der Waals surface area contributed by atoms with Crippen molar-refractivity contribution >= 4 is 29.2 Å². The second kappa shape index (κ2) is 9.82. The monoisotopic (exact) mass is 373 g/mol.